The number of esters is 1. The lowest BCUT2D eigenvalue weighted by molar-refractivity contribution is -0.161. The van der Waals surface area contributed by atoms with Crippen molar-refractivity contribution >= 4 is 21.9 Å². The van der Waals surface area contributed by atoms with Crippen LogP contribution in [0.5, 0.6) is 0 Å². The molecule has 0 aliphatic heterocycles. The van der Waals surface area contributed by atoms with Gasteiger partial charge in [-0.1, -0.05) is 6.07 Å². The molecular formula is C20H24BrF2N3O4. The number of nitrogens with zero attached hydrogens (tertiary/aromatic N) is 2. The first kappa shape index (κ1) is 23.9. The van der Waals surface area contributed by atoms with E-state index in [9.17, 15) is 23.2 Å². The van der Waals surface area contributed by atoms with Gasteiger partial charge in [0.25, 0.3) is 5.56 Å². The lowest BCUT2D eigenvalue weighted by Gasteiger charge is -2.26. The summed E-state index contributed by atoms with van der Waals surface area (Å²) in [5.74, 6) is -3.39. The Kier molecular flexibility index (Phi) is 7.03. The molecule has 164 valence electrons. The lowest BCUT2D eigenvalue weighted by atomic mass is 10.1. The maximum atomic E-state index is 14.1. The van der Waals surface area contributed by atoms with Crippen molar-refractivity contribution in [3.8, 4) is 0 Å². The van der Waals surface area contributed by atoms with E-state index in [4.69, 9.17) is 10.5 Å². The van der Waals surface area contributed by atoms with E-state index < -0.39 is 53.1 Å². The van der Waals surface area contributed by atoms with Crippen molar-refractivity contribution in [2.45, 2.75) is 52.9 Å². The molecule has 0 aliphatic rings. The molecule has 1 unspecified atom stereocenters. The molecule has 2 N–H and O–H groups in total. The minimum atomic E-state index is -1.35. The molecular weight excluding hydrogens is 464 g/mol. The molecule has 30 heavy (non-hydrogen) atoms. The third kappa shape index (κ3) is 4.86. The van der Waals surface area contributed by atoms with Crippen molar-refractivity contribution in [3.05, 3.63) is 66.4 Å². The van der Waals surface area contributed by atoms with E-state index in [1.54, 1.807) is 20.8 Å². The van der Waals surface area contributed by atoms with Crippen LogP contribution in [0.2, 0.25) is 0 Å². The highest BCUT2D eigenvalue weighted by atomic mass is 79.9. The van der Waals surface area contributed by atoms with Gasteiger partial charge in [0.1, 0.15) is 27.9 Å². The van der Waals surface area contributed by atoms with Gasteiger partial charge in [0, 0.05) is 11.3 Å². The normalized spacial score (nSPS) is 13.8. The molecule has 2 aromatic rings. The number of rotatable bonds is 5. The fourth-order valence-corrected chi connectivity index (χ4v) is 3.19. The van der Waals surface area contributed by atoms with Crippen LogP contribution in [0.3, 0.4) is 0 Å². The zero-order chi connectivity index (χ0) is 23.0. The van der Waals surface area contributed by atoms with Crippen LogP contribution in [0, 0.1) is 24.5 Å². The van der Waals surface area contributed by atoms with Crippen LogP contribution in [0.25, 0.3) is 0 Å². The van der Waals surface area contributed by atoms with E-state index in [-0.39, 0.29) is 15.7 Å². The van der Waals surface area contributed by atoms with Crippen molar-refractivity contribution in [1.82, 2.24) is 9.13 Å². The first-order valence-corrected chi connectivity index (χ1v) is 9.98. The average Bonchev–Trinajstić information content (AvgIpc) is 2.63. The first-order chi connectivity index (χ1) is 13.8. The van der Waals surface area contributed by atoms with Crippen LogP contribution in [0.1, 0.15) is 45.1 Å². The molecule has 0 saturated heterocycles. The number of benzene rings is 1. The molecule has 0 saturated carbocycles. The van der Waals surface area contributed by atoms with Crippen LogP contribution < -0.4 is 17.0 Å². The molecule has 0 spiro atoms. The van der Waals surface area contributed by atoms with E-state index in [0.29, 0.717) is 4.57 Å². The van der Waals surface area contributed by atoms with Crippen molar-refractivity contribution in [2.24, 2.45) is 11.7 Å². The number of aromatic nitrogens is 2. The molecule has 2 rings (SSSR count). The van der Waals surface area contributed by atoms with E-state index in [0.717, 1.165) is 16.7 Å². The summed E-state index contributed by atoms with van der Waals surface area (Å²) in [6.45, 7) is 7.45. The second-order valence-electron chi connectivity index (χ2n) is 7.96. The maximum absolute atomic E-state index is 14.1. The summed E-state index contributed by atoms with van der Waals surface area (Å²) in [4.78, 5) is 38.2. The van der Waals surface area contributed by atoms with Gasteiger partial charge in [-0.15, -0.1) is 0 Å². The molecule has 0 radical (unpaired) electrons. The largest absolute Gasteiger partial charge is 0.460 e. The second kappa shape index (κ2) is 8.81. The van der Waals surface area contributed by atoms with Crippen LogP contribution in [0.15, 0.2) is 32.3 Å². The number of carbonyl (C=O) groups excluding carboxylic acids is 1. The van der Waals surface area contributed by atoms with Crippen molar-refractivity contribution in [3.63, 3.8) is 0 Å². The van der Waals surface area contributed by atoms with Gasteiger partial charge in [-0.25, -0.2) is 18.1 Å². The second-order valence-corrected chi connectivity index (χ2v) is 8.75. The molecule has 10 heteroatoms. The van der Waals surface area contributed by atoms with E-state index in [1.165, 1.54) is 19.9 Å². The zero-order valence-corrected chi connectivity index (χ0v) is 18.9. The number of ether oxygens (including phenoxy) is 1. The Balaban J connectivity index is 2.58. The molecule has 0 fully saturated rings. The minimum absolute atomic E-state index is 0.00862. The Morgan fingerprint density at radius 1 is 1.23 bits per heavy atom. The fraction of sp³-hybridized carbons (Fsp3) is 0.450. The average molecular weight is 488 g/mol. The third-order valence-corrected chi connectivity index (χ3v) is 5.45. The summed E-state index contributed by atoms with van der Waals surface area (Å²) >= 11 is 3.12. The predicted molar refractivity (Wildman–Crippen MR) is 111 cm³/mol. The SMILES string of the molecule is Cc1c(Br)c(=O)n(C(N)[C@@H](C)C(=O)OC(C)(C)C)c(=O)n1Cc1c(F)cccc1F. The Hall–Kier alpha value is -2.33. The Bertz CT molecular complexity index is 1070. The zero-order valence-electron chi connectivity index (χ0n) is 17.3. The van der Waals surface area contributed by atoms with Crippen molar-refractivity contribution in [1.29, 1.82) is 0 Å². The van der Waals surface area contributed by atoms with Gasteiger partial charge < -0.3 is 10.5 Å². The van der Waals surface area contributed by atoms with Crippen LogP contribution in [-0.2, 0) is 16.1 Å². The molecule has 1 aromatic carbocycles. The molecule has 1 heterocycles. The first-order valence-electron chi connectivity index (χ1n) is 9.19. The number of halogens is 3. The number of carbonyl (C=O) groups is 1. The van der Waals surface area contributed by atoms with Gasteiger partial charge in [0.15, 0.2) is 0 Å². The van der Waals surface area contributed by atoms with Gasteiger partial charge in [0.2, 0.25) is 0 Å². The summed E-state index contributed by atoms with van der Waals surface area (Å²) in [7, 11) is 0. The number of hydrogen-bond acceptors (Lipinski definition) is 5. The van der Waals surface area contributed by atoms with E-state index in [1.807, 2.05) is 0 Å². The number of nitrogens with two attached hydrogens (primary N) is 1. The Morgan fingerprint density at radius 2 is 1.77 bits per heavy atom. The summed E-state index contributed by atoms with van der Waals surface area (Å²) in [5.41, 5.74) is 3.47. The van der Waals surface area contributed by atoms with E-state index in [2.05, 4.69) is 15.9 Å². The van der Waals surface area contributed by atoms with Gasteiger partial charge in [-0.05, 0) is 62.7 Å². The maximum Gasteiger partial charge on any atom is 0.332 e. The smallest absolute Gasteiger partial charge is 0.332 e. The van der Waals surface area contributed by atoms with Crippen molar-refractivity contribution < 1.29 is 18.3 Å². The summed E-state index contributed by atoms with van der Waals surface area (Å²) < 4.78 is 35.2. The van der Waals surface area contributed by atoms with Gasteiger partial charge in [-0.2, -0.15) is 0 Å². The summed E-state index contributed by atoms with van der Waals surface area (Å²) in [6.07, 6.45) is -1.35. The topological polar surface area (TPSA) is 96.3 Å². The Labute approximate surface area is 180 Å². The summed E-state index contributed by atoms with van der Waals surface area (Å²) in [6, 6.07) is 3.35. The van der Waals surface area contributed by atoms with Gasteiger partial charge in [0.05, 0.1) is 12.5 Å². The minimum Gasteiger partial charge on any atom is -0.460 e. The molecule has 1 aromatic heterocycles. The third-order valence-electron chi connectivity index (χ3n) is 4.53. The van der Waals surface area contributed by atoms with Gasteiger partial charge >= 0.3 is 11.7 Å². The van der Waals surface area contributed by atoms with Crippen molar-refractivity contribution in [2.75, 3.05) is 0 Å². The monoisotopic (exact) mass is 487 g/mol. The van der Waals surface area contributed by atoms with Crippen LogP contribution in [0.4, 0.5) is 8.78 Å². The molecule has 0 aliphatic carbocycles. The van der Waals surface area contributed by atoms with Gasteiger partial charge in [-0.3, -0.25) is 14.2 Å². The standard InChI is InChI=1S/C20H24BrF2N3O4/c1-10(18(28)30-20(3,4)5)16(24)26-17(27)15(21)11(2)25(19(26)29)9-12-13(22)7-6-8-14(12)23/h6-8,10,16H,9,24H2,1-5H3/t10-,16?/m1/s1. The lowest BCUT2D eigenvalue weighted by Crippen LogP contribution is -2.49. The van der Waals surface area contributed by atoms with Crippen LogP contribution >= 0.6 is 15.9 Å². The highest BCUT2D eigenvalue weighted by Crippen LogP contribution is 2.19. The summed E-state index contributed by atoms with van der Waals surface area (Å²) in [5, 5.41) is 0. The Morgan fingerprint density at radius 3 is 2.27 bits per heavy atom. The molecule has 7 nitrogen and oxygen atoms in total. The molecule has 2 atom stereocenters. The number of hydrogen-bond donors (Lipinski definition) is 1. The van der Waals surface area contributed by atoms with Crippen LogP contribution in [-0.4, -0.2) is 20.7 Å². The highest BCUT2D eigenvalue weighted by molar-refractivity contribution is 9.10. The molecule has 0 amide bonds. The highest BCUT2D eigenvalue weighted by Gasteiger charge is 2.31. The quantitative estimate of drug-likeness (QED) is 0.654. The molecule has 0 bridgehead atoms. The fourth-order valence-electron chi connectivity index (χ4n) is 2.79. The predicted octanol–water partition coefficient (Wildman–Crippen LogP) is 2.84. The van der Waals surface area contributed by atoms with E-state index >= 15 is 0 Å².